The van der Waals surface area contributed by atoms with Crippen LogP contribution in [0.2, 0.25) is 0 Å². The maximum Gasteiger partial charge on any atom is 0.250 e. The predicted molar refractivity (Wildman–Crippen MR) is 85.5 cm³/mol. The standard InChI is InChI=1S/C18H22N2O/c1-2-13-6-8-14(9-7-13)16(19)12-20-17-5-3-4-15(17)10-11-18(20)21/h6-11,16H,2-5,12,19H2,1H3. The highest BCUT2D eigenvalue weighted by atomic mass is 16.1. The first-order valence-corrected chi connectivity index (χ1v) is 7.75. The molecule has 1 aliphatic carbocycles. The molecule has 1 aromatic carbocycles. The van der Waals surface area contributed by atoms with Crippen molar-refractivity contribution in [1.29, 1.82) is 0 Å². The van der Waals surface area contributed by atoms with Gasteiger partial charge in [0.15, 0.2) is 0 Å². The molecule has 1 unspecified atom stereocenters. The second-order valence-corrected chi connectivity index (χ2v) is 5.81. The Morgan fingerprint density at radius 1 is 1.14 bits per heavy atom. The van der Waals surface area contributed by atoms with Gasteiger partial charge in [-0.3, -0.25) is 4.79 Å². The number of aryl methyl sites for hydroxylation is 2. The molecule has 110 valence electrons. The Morgan fingerprint density at radius 2 is 1.90 bits per heavy atom. The molecule has 1 heterocycles. The second-order valence-electron chi connectivity index (χ2n) is 5.81. The first-order valence-electron chi connectivity index (χ1n) is 7.75. The monoisotopic (exact) mass is 282 g/mol. The molecule has 0 saturated carbocycles. The maximum absolute atomic E-state index is 12.2. The molecule has 3 nitrogen and oxygen atoms in total. The van der Waals surface area contributed by atoms with Crippen LogP contribution >= 0.6 is 0 Å². The third kappa shape index (κ3) is 2.79. The van der Waals surface area contributed by atoms with Gasteiger partial charge in [0.25, 0.3) is 5.56 Å². The van der Waals surface area contributed by atoms with Crippen LogP contribution in [0.25, 0.3) is 0 Å². The Morgan fingerprint density at radius 3 is 2.62 bits per heavy atom. The van der Waals surface area contributed by atoms with E-state index in [1.54, 1.807) is 6.07 Å². The van der Waals surface area contributed by atoms with Crippen LogP contribution in [0.4, 0.5) is 0 Å². The summed E-state index contributed by atoms with van der Waals surface area (Å²) in [6, 6.07) is 11.9. The minimum Gasteiger partial charge on any atom is -0.322 e. The molecule has 1 aromatic heterocycles. The van der Waals surface area contributed by atoms with Gasteiger partial charge in [0.1, 0.15) is 0 Å². The molecule has 0 bridgehead atoms. The van der Waals surface area contributed by atoms with E-state index in [0.717, 1.165) is 31.2 Å². The summed E-state index contributed by atoms with van der Waals surface area (Å²) in [6.07, 6.45) is 4.24. The largest absolute Gasteiger partial charge is 0.322 e. The Hall–Kier alpha value is -1.87. The van der Waals surface area contributed by atoms with E-state index in [0.29, 0.717) is 6.54 Å². The Balaban J connectivity index is 1.86. The first-order chi connectivity index (χ1) is 10.2. The summed E-state index contributed by atoms with van der Waals surface area (Å²) in [6.45, 7) is 2.70. The van der Waals surface area contributed by atoms with Gasteiger partial charge in [-0.25, -0.2) is 0 Å². The third-order valence-electron chi connectivity index (χ3n) is 4.44. The second kappa shape index (κ2) is 5.86. The fourth-order valence-electron chi connectivity index (χ4n) is 3.14. The molecule has 0 aliphatic heterocycles. The van der Waals surface area contributed by atoms with Crippen molar-refractivity contribution in [3.63, 3.8) is 0 Å². The highest BCUT2D eigenvalue weighted by molar-refractivity contribution is 5.27. The van der Waals surface area contributed by atoms with Crippen molar-refractivity contribution in [3.8, 4) is 0 Å². The van der Waals surface area contributed by atoms with Crippen molar-refractivity contribution in [3.05, 3.63) is 69.1 Å². The van der Waals surface area contributed by atoms with Crippen molar-refractivity contribution >= 4 is 0 Å². The minimum absolute atomic E-state index is 0.0660. The number of fused-ring (bicyclic) bond motifs is 1. The lowest BCUT2D eigenvalue weighted by Gasteiger charge is -2.17. The summed E-state index contributed by atoms with van der Waals surface area (Å²) in [5.41, 5.74) is 11.3. The quantitative estimate of drug-likeness (QED) is 0.937. The number of benzene rings is 1. The van der Waals surface area contributed by atoms with Crippen LogP contribution in [0.15, 0.2) is 41.2 Å². The van der Waals surface area contributed by atoms with Gasteiger partial charge < -0.3 is 10.3 Å². The van der Waals surface area contributed by atoms with Crippen molar-refractivity contribution in [2.75, 3.05) is 0 Å². The van der Waals surface area contributed by atoms with Crippen molar-refractivity contribution in [2.24, 2.45) is 5.73 Å². The molecule has 1 atom stereocenters. The number of nitrogens with two attached hydrogens (primary N) is 1. The fourth-order valence-corrected chi connectivity index (χ4v) is 3.14. The average Bonchev–Trinajstić information content (AvgIpc) is 2.99. The van der Waals surface area contributed by atoms with Crippen LogP contribution in [-0.4, -0.2) is 4.57 Å². The third-order valence-corrected chi connectivity index (χ3v) is 4.44. The highest BCUT2D eigenvalue weighted by Crippen LogP contribution is 2.22. The van der Waals surface area contributed by atoms with Crippen LogP contribution in [0.1, 0.15) is 41.8 Å². The number of hydrogen-bond acceptors (Lipinski definition) is 2. The molecule has 0 radical (unpaired) electrons. The number of nitrogens with zero attached hydrogens (tertiary/aromatic N) is 1. The lowest BCUT2D eigenvalue weighted by atomic mass is 10.0. The van der Waals surface area contributed by atoms with E-state index < -0.39 is 0 Å². The number of hydrogen-bond donors (Lipinski definition) is 1. The molecule has 0 saturated heterocycles. The SMILES string of the molecule is CCc1ccc(C(N)Cn2c3c(ccc2=O)CCC3)cc1. The zero-order valence-corrected chi connectivity index (χ0v) is 12.5. The van der Waals surface area contributed by atoms with Gasteiger partial charge in [-0.15, -0.1) is 0 Å². The molecule has 0 amide bonds. The fraction of sp³-hybridized carbons (Fsp3) is 0.389. The Bertz CT molecular complexity index is 685. The smallest absolute Gasteiger partial charge is 0.250 e. The molecule has 21 heavy (non-hydrogen) atoms. The molecule has 0 fully saturated rings. The van der Waals surface area contributed by atoms with Crippen molar-refractivity contribution in [2.45, 2.75) is 45.2 Å². The van der Waals surface area contributed by atoms with Crippen molar-refractivity contribution in [1.82, 2.24) is 4.57 Å². The summed E-state index contributed by atoms with van der Waals surface area (Å²) in [5.74, 6) is 0. The Kier molecular flexibility index (Phi) is 3.93. The highest BCUT2D eigenvalue weighted by Gasteiger charge is 2.17. The molecule has 3 heteroatoms. The van der Waals surface area contributed by atoms with E-state index in [4.69, 9.17) is 5.73 Å². The number of pyridine rings is 1. The van der Waals surface area contributed by atoms with E-state index in [2.05, 4.69) is 31.2 Å². The van der Waals surface area contributed by atoms with E-state index in [1.807, 2.05) is 10.6 Å². The molecule has 3 rings (SSSR count). The summed E-state index contributed by atoms with van der Waals surface area (Å²) >= 11 is 0. The van der Waals surface area contributed by atoms with E-state index in [9.17, 15) is 4.79 Å². The van der Waals surface area contributed by atoms with Gasteiger partial charge in [-0.2, -0.15) is 0 Å². The van der Waals surface area contributed by atoms with Crippen LogP contribution in [0.3, 0.4) is 0 Å². The first kappa shape index (κ1) is 14.1. The van der Waals surface area contributed by atoms with Gasteiger partial charge in [0.05, 0.1) is 0 Å². The predicted octanol–water partition coefficient (Wildman–Crippen LogP) is 2.60. The molecular weight excluding hydrogens is 260 g/mol. The van der Waals surface area contributed by atoms with Gasteiger partial charge >= 0.3 is 0 Å². The molecule has 0 spiro atoms. The minimum atomic E-state index is -0.138. The summed E-state index contributed by atoms with van der Waals surface area (Å²) in [5, 5.41) is 0. The molecular formula is C18H22N2O. The summed E-state index contributed by atoms with van der Waals surface area (Å²) < 4.78 is 1.88. The zero-order valence-electron chi connectivity index (χ0n) is 12.5. The van der Waals surface area contributed by atoms with E-state index in [1.165, 1.54) is 16.8 Å². The van der Waals surface area contributed by atoms with E-state index in [-0.39, 0.29) is 11.6 Å². The summed E-state index contributed by atoms with van der Waals surface area (Å²) in [4.78, 5) is 12.2. The molecule has 1 aliphatic rings. The van der Waals surface area contributed by atoms with Gasteiger partial charge in [0.2, 0.25) is 0 Å². The summed E-state index contributed by atoms with van der Waals surface area (Å²) in [7, 11) is 0. The topological polar surface area (TPSA) is 48.0 Å². The lowest BCUT2D eigenvalue weighted by molar-refractivity contribution is 0.544. The van der Waals surface area contributed by atoms with E-state index >= 15 is 0 Å². The zero-order chi connectivity index (χ0) is 14.8. The van der Waals surface area contributed by atoms with Gasteiger partial charge in [0, 0.05) is 24.3 Å². The maximum atomic E-state index is 12.2. The molecule has 2 aromatic rings. The number of aromatic nitrogens is 1. The van der Waals surface area contributed by atoms with Crippen LogP contribution < -0.4 is 11.3 Å². The van der Waals surface area contributed by atoms with Crippen LogP contribution in [0, 0.1) is 0 Å². The lowest BCUT2D eigenvalue weighted by Crippen LogP contribution is -2.28. The van der Waals surface area contributed by atoms with Crippen molar-refractivity contribution < 1.29 is 0 Å². The number of rotatable bonds is 4. The van der Waals surface area contributed by atoms with Crippen LogP contribution in [-0.2, 0) is 25.8 Å². The van der Waals surface area contributed by atoms with Gasteiger partial charge in [-0.1, -0.05) is 37.3 Å². The molecule has 2 N–H and O–H groups in total. The normalized spacial score (nSPS) is 15.0. The Labute approximate surface area is 125 Å². The van der Waals surface area contributed by atoms with Gasteiger partial charge in [-0.05, 0) is 42.4 Å². The van der Waals surface area contributed by atoms with Crippen LogP contribution in [0.5, 0.6) is 0 Å². The average molecular weight is 282 g/mol.